The van der Waals surface area contributed by atoms with E-state index in [9.17, 15) is 14.4 Å². The van der Waals surface area contributed by atoms with Gasteiger partial charge in [-0.25, -0.2) is 0 Å². The number of rotatable bonds is 7. The smallest absolute Gasteiger partial charge is 0.255 e. The van der Waals surface area contributed by atoms with Crippen LogP contribution in [0.5, 0.6) is 0 Å². The highest BCUT2D eigenvalue weighted by Crippen LogP contribution is 2.23. The summed E-state index contributed by atoms with van der Waals surface area (Å²) in [6, 6.07) is 16.1. The Morgan fingerprint density at radius 1 is 0.750 bits per heavy atom. The van der Waals surface area contributed by atoms with Gasteiger partial charge in [0.25, 0.3) is 5.91 Å². The summed E-state index contributed by atoms with van der Waals surface area (Å²) in [5.41, 5.74) is 4.89. The molecule has 1 heterocycles. The van der Waals surface area contributed by atoms with E-state index in [4.69, 9.17) is 0 Å². The van der Waals surface area contributed by atoms with Crippen molar-refractivity contribution in [2.24, 2.45) is 0 Å². The van der Waals surface area contributed by atoms with Crippen molar-refractivity contribution in [1.29, 1.82) is 0 Å². The van der Waals surface area contributed by atoms with Gasteiger partial charge in [0.1, 0.15) is 0 Å². The molecule has 6 nitrogen and oxygen atoms in total. The molecule has 3 aromatic rings. The molecule has 0 saturated carbocycles. The predicted molar refractivity (Wildman–Crippen MR) is 124 cm³/mol. The van der Waals surface area contributed by atoms with Crippen LogP contribution in [0, 0.1) is 0 Å². The number of nitrogens with one attached hydrogen (secondary N) is 2. The third-order valence-corrected chi connectivity index (χ3v) is 5.60. The van der Waals surface area contributed by atoms with Crippen LogP contribution in [0.15, 0.2) is 67.0 Å². The summed E-state index contributed by atoms with van der Waals surface area (Å²) in [6.45, 7) is 0. The van der Waals surface area contributed by atoms with Gasteiger partial charge < -0.3 is 10.6 Å². The van der Waals surface area contributed by atoms with E-state index in [2.05, 4.69) is 15.6 Å². The Labute approximate surface area is 187 Å². The van der Waals surface area contributed by atoms with E-state index < -0.39 is 0 Å². The first-order chi connectivity index (χ1) is 15.6. The van der Waals surface area contributed by atoms with Crippen LogP contribution in [0.3, 0.4) is 0 Å². The zero-order valence-electron chi connectivity index (χ0n) is 17.8. The first-order valence-electron chi connectivity index (χ1n) is 10.8. The monoisotopic (exact) mass is 427 g/mol. The minimum Gasteiger partial charge on any atom is -0.326 e. The molecule has 6 heteroatoms. The van der Waals surface area contributed by atoms with Crippen molar-refractivity contribution < 1.29 is 14.4 Å². The van der Waals surface area contributed by atoms with Gasteiger partial charge in [-0.1, -0.05) is 18.2 Å². The van der Waals surface area contributed by atoms with Crippen LogP contribution in [0.25, 0.3) is 0 Å². The molecule has 1 aliphatic rings. The Kier molecular flexibility index (Phi) is 6.70. The summed E-state index contributed by atoms with van der Waals surface area (Å²) in [7, 11) is 0. The second kappa shape index (κ2) is 10.0. The molecule has 0 aliphatic heterocycles. The normalized spacial score (nSPS) is 12.5. The van der Waals surface area contributed by atoms with Crippen LogP contribution < -0.4 is 10.6 Å². The van der Waals surface area contributed by atoms with Gasteiger partial charge in [-0.2, -0.15) is 0 Å². The Balaban J connectivity index is 1.31. The first-order valence-corrected chi connectivity index (χ1v) is 10.8. The van der Waals surface area contributed by atoms with Crippen LogP contribution in [-0.4, -0.2) is 22.6 Å². The first kappa shape index (κ1) is 21.4. The molecule has 162 valence electrons. The fraction of sp³-hybridized carbons (Fsp3) is 0.231. The highest BCUT2D eigenvalue weighted by molar-refractivity contribution is 6.04. The minimum atomic E-state index is -0.258. The van der Waals surface area contributed by atoms with Gasteiger partial charge in [-0.05, 0) is 73.2 Å². The van der Waals surface area contributed by atoms with Crippen LogP contribution in [0.4, 0.5) is 11.4 Å². The second-order valence-electron chi connectivity index (χ2n) is 7.93. The van der Waals surface area contributed by atoms with Crippen LogP contribution in [0.2, 0.25) is 0 Å². The maximum absolute atomic E-state index is 12.6. The molecule has 0 spiro atoms. The molecular weight excluding hydrogens is 402 g/mol. The number of aromatic nitrogens is 1. The fourth-order valence-corrected chi connectivity index (χ4v) is 3.88. The maximum atomic E-state index is 12.6. The van der Waals surface area contributed by atoms with Gasteiger partial charge in [0.15, 0.2) is 5.78 Å². The highest BCUT2D eigenvalue weighted by atomic mass is 16.2. The number of carbonyl (C=O) groups excluding carboxylic acids is 3. The van der Waals surface area contributed by atoms with Crippen LogP contribution in [-0.2, 0) is 17.6 Å². The molecule has 2 N–H and O–H groups in total. The Bertz CT molecular complexity index is 1140. The molecule has 0 saturated heterocycles. The van der Waals surface area contributed by atoms with E-state index in [1.54, 1.807) is 48.8 Å². The Morgan fingerprint density at radius 2 is 1.47 bits per heavy atom. The number of amides is 2. The summed E-state index contributed by atoms with van der Waals surface area (Å²) < 4.78 is 0. The van der Waals surface area contributed by atoms with Gasteiger partial charge in [-0.3, -0.25) is 19.4 Å². The number of pyridine rings is 1. The fourth-order valence-electron chi connectivity index (χ4n) is 3.88. The van der Waals surface area contributed by atoms with E-state index >= 15 is 0 Å². The summed E-state index contributed by atoms with van der Waals surface area (Å²) in [5, 5.41) is 5.60. The molecular formula is C26H25N3O3. The van der Waals surface area contributed by atoms with Crippen molar-refractivity contribution in [3.8, 4) is 0 Å². The van der Waals surface area contributed by atoms with Gasteiger partial charge >= 0.3 is 0 Å². The van der Waals surface area contributed by atoms with Crippen molar-refractivity contribution in [3.05, 3.63) is 89.2 Å². The van der Waals surface area contributed by atoms with E-state index in [-0.39, 0.29) is 30.4 Å². The topological polar surface area (TPSA) is 88.2 Å². The van der Waals surface area contributed by atoms with Gasteiger partial charge in [0.2, 0.25) is 5.91 Å². The summed E-state index contributed by atoms with van der Waals surface area (Å²) in [4.78, 5) is 41.1. The number of carbonyl (C=O) groups is 3. The zero-order valence-corrected chi connectivity index (χ0v) is 17.8. The molecule has 2 aromatic carbocycles. The van der Waals surface area contributed by atoms with Gasteiger partial charge in [-0.15, -0.1) is 0 Å². The minimum absolute atomic E-state index is 0.0214. The number of nitrogens with zero attached hydrogens (tertiary/aromatic N) is 1. The molecule has 2 amide bonds. The molecule has 4 rings (SSSR count). The number of anilines is 2. The highest BCUT2D eigenvalue weighted by Gasteiger charge is 2.14. The standard InChI is InChI=1S/C26H25N3O3/c30-24(21-9-8-18-4-1-2-5-20(18)16-21)10-11-25(31)28-22-6-3-7-23(17-22)29-26(32)19-12-14-27-15-13-19/h3,6-9,12-17H,1-2,4-5,10-11H2,(H,28,31)(H,29,32). The summed E-state index contributed by atoms with van der Waals surface area (Å²) in [5.74, 6) is -0.521. The molecule has 0 bridgehead atoms. The van der Waals surface area contributed by atoms with Gasteiger partial charge in [0, 0.05) is 47.7 Å². The predicted octanol–water partition coefficient (Wildman–Crippen LogP) is 4.81. The Hall–Kier alpha value is -3.80. The number of benzene rings is 2. The summed E-state index contributed by atoms with van der Waals surface area (Å²) in [6.07, 6.45) is 7.82. The maximum Gasteiger partial charge on any atom is 0.255 e. The van der Waals surface area contributed by atoms with E-state index in [1.165, 1.54) is 17.5 Å². The lowest BCUT2D eigenvalue weighted by molar-refractivity contribution is -0.116. The number of hydrogen-bond donors (Lipinski definition) is 2. The van der Waals surface area contributed by atoms with Gasteiger partial charge in [0.05, 0.1) is 0 Å². The second-order valence-corrected chi connectivity index (χ2v) is 7.93. The number of ketones is 1. The van der Waals surface area contributed by atoms with E-state index in [0.717, 1.165) is 19.3 Å². The number of aryl methyl sites for hydroxylation is 2. The average Bonchev–Trinajstić information content (AvgIpc) is 2.83. The van der Waals surface area contributed by atoms with Crippen molar-refractivity contribution in [2.45, 2.75) is 38.5 Å². The zero-order chi connectivity index (χ0) is 22.3. The summed E-state index contributed by atoms with van der Waals surface area (Å²) >= 11 is 0. The lowest BCUT2D eigenvalue weighted by Gasteiger charge is -2.16. The number of fused-ring (bicyclic) bond motifs is 1. The van der Waals surface area contributed by atoms with Crippen molar-refractivity contribution in [2.75, 3.05) is 10.6 Å². The number of hydrogen-bond acceptors (Lipinski definition) is 4. The largest absolute Gasteiger partial charge is 0.326 e. The average molecular weight is 428 g/mol. The van der Waals surface area contributed by atoms with E-state index in [1.807, 2.05) is 18.2 Å². The van der Waals surface area contributed by atoms with Crippen molar-refractivity contribution in [3.63, 3.8) is 0 Å². The Morgan fingerprint density at radius 3 is 2.25 bits per heavy atom. The quantitative estimate of drug-likeness (QED) is 0.530. The molecule has 0 atom stereocenters. The lowest BCUT2D eigenvalue weighted by Crippen LogP contribution is -2.15. The molecule has 32 heavy (non-hydrogen) atoms. The lowest BCUT2D eigenvalue weighted by atomic mass is 9.89. The van der Waals surface area contributed by atoms with Crippen LogP contribution in [0.1, 0.15) is 57.5 Å². The molecule has 0 unspecified atom stereocenters. The van der Waals surface area contributed by atoms with Crippen LogP contribution >= 0.6 is 0 Å². The molecule has 1 aromatic heterocycles. The number of Topliss-reactive ketones (excluding diaryl/α,β-unsaturated/α-hetero) is 1. The third-order valence-electron chi connectivity index (χ3n) is 5.60. The molecule has 0 fully saturated rings. The van der Waals surface area contributed by atoms with Crippen molar-refractivity contribution >= 4 is 29.0 Å². The van der Waals surface area contributed by atoms with E-state index in [0.29, 0.717) is 22.5 Å². The van der Waals surface area contributed by atoms with Crippen molar-refractivity contribution in [1.82, 2.24) is 4.98 Å². The SMILES string of the molecule is O=C(CCC(=O)c1ccc2c(c1)CCCC2)Nc1cccc(NC(=O)c2ccncc2)c1. The third kappa shape index (κ3) is 5.46. The molecule has 1 aliphatic carbocycles. The molecule has 0 radical (unpaired) electrons.